The summed E-state index contributed by atoms with van der Waals surface area (Å²) in [4.78, 5) is 16.0. The van der Waals surface area contributed by atoms with Gasteiger partial charge in [-0.1, -0.05) is 0 Å². The Bertz CT molecular complexity index is 551. The lowest BCUT2D eigenvalue weighted by atomic mass is 10.1. The van der Waals surface area contributed by atoms with Crippen LogP contribution in [0.25, 0.3) is 5.57 Å². The fraction of sp³-hybridized carbons (Fsp3) is 0.333. The molecule has 1 atom stereocenters. The smallest absolute Gasteiger partial charge is 0.336 e. The minimum atomic E-state index is -0.414. The lowest BCUT2D eigenvalue weighted by Gasteiger charge is -2.06. The third kappa shape index (κ3) is 1.71. The summed E-state index contributed by atoms with van der Waals surface area (Å²) in [6.45, 7) is 3.84. The van der Waals surface area contributed by atoms with E-state index in [1.165, 1.54) is 12.1 Å². The summed E-state index contributed by atoms with van der Waals surface area (Å²) >= 11 is 0. The molecule has 1 aromatic rings. The zero-order chi connectivity index (χ0) is 11.7. The van der Waals surface area contributed by atoms with Crippen molar-refractivity contribution in [2.75, 3.05) is 6.61 Å². The van der Waals surface area contributed by atoms with Crippen molar-refractivity contribution in [1.82, 2.24) is 0 Å². The molecule has 0 unspecified atom stereocenters. The van der Waals surface area contributed by atoms with Gasteiger partial charge in [0.1, 0.15) is 5.82 Å². The molecule has 0 N–H and O–H groups in total. The third-order valence-corrected chi connectivity index (χ3v) is 2.49. The third-order valence-electron chi connectivity index (χ3n) is 2.49. The Morgan fingerprint density at radius 2 is 2.31 bits per heavy atom. The van der Waals surface area contributed by atoms with Crippen LogP contribution in [-0.2, 0) is 9.53 Å². The summed E-state index contributed by atoms with van der Waals surface area (Å²) in [6, 6.07) is 3.97. The Morgan fingerprint density at radius 3 is 3.00 bits per heavy atom. The van der Waals surface area contributed by atoms with Gasteiger partial charge in [-0.25, -0.2) is 9.18 Å². The monoisotopic (exact) mass is 221 g/mol. The molecule has 1 aliphatic rings. The minimum Gasteiger partial charge on any atom is -0.463 e. The summed E-state index contributed by atoms with van der Waals surface area (Å²) in [5, 5.41) is 1.20. The van der Waals surface area contributed by atoms with Gasteiger partial charge < -0.3 is 4.74 Å². The number of carbonyl (C=O) groups is 1. The van der Waals surface area contributed by atoms with Crippen LogP contribution >= 0.6 is 0 Å². The summed E-state index contributed by atoms with van der Waals surface area (Å²) in [7, 11) is 0. The van der Waals surface area contributed by atoms with Gasteiger partial charge in [0.05, 0.1) is 23.6 Å². The molecule has 0 aromatic heterocycles. The van der Waals surface area contributed by atoms with Crippen molar-refractivity contribution in [3.05, 3.63) is 34.6 Å². The first kappa shape index (κ1) is 10.8. The SMILES string of the molecule is CCOC(=O)C1=c2cc(F)ccc2=N[C@@H]1C. The fourth-order valence-electron chi connectivity index (χ4n) is 1.82. The number of nitrogens with zero attached hydrogens (tertiary/aromatic N) is 1. The summed E-state index contributed by atoms with van der Waals surface area (Å²) in [5.41, 5.74) is 0.441. The second kappa shape index (κ2) is 4.04. The van der Waals surface area contributed by atoms with Gasteiger partial charge in [0.25, 0.3) is 0 Å². The molecule has 0 aliphatic carbocycles. The van der Waals surface area contributed by atoms with Crippen molar-refractivity contribution < 1.29 is 13.9 Å². The van der Waals surface area contributed by atoms with Gasteiger partial charge in [0.2, 0.25) is 0 Å². The standard InChI is InChI=1S/C12H12FNO2/c1-3-16-12(15)11-7(2)14-10-5-4-8(13)6-9(10)11/h4-7H,3H2,1-2H3/t7-/m1/s1. The van der Waals surface area contributed by atoms with Gasteiger partial charge in [-0.3, -0.25) is 4.99 Å². The number of hydrogen-bond donors (Lipinski definition) is 0. The van der Waals surface area contributed by atoms with E-state index >= 15 is 0 Å². The quantitative estimate of drug-likeness (QED) is 0.684. The number of halogens is 1. The first-order chi connectivity index (χ1) is 7.63. The first-order valence-corrected chi connectivity index (χ1v) is 5.18. The Balaban J connectivity index is 2.62. The number of hydrogen-bond acceptors (Lipinski definition) is 3. The van der Waals surface area contributed by atoms with Crippen LogP contribution in [0.5, 0.6) is 0 Å². The molecule has 1 aromatic carbocycles. The second-order valence-electron chi connectivity index (χ2n) is 3.60. The molecule has 2 rings (SSSR count). The van der Waals surface area contributed by atoms with Crippen molar-refractivity contribution in [3.63, 3.8) is 0 Å². The van der Waals surface area contributed by atoms with Gasteiger partial charge in [-0.05, 0) is 32.0 Å². The van der Waals surface area contributed by atoms with Gasteiger partial charge in [-0.15, -0.1) is 0 Å². The van der Waals surface area contributed by atoms with Gasteiger partial charge in [0, 0.05) is 5.22 Å². The molecule has 0 saturated heterocycles. The Morgan fingerprint density at radius 1 is 1.56 bits per heavy atom. The van der Waals surface area contributed by atoms with E-state index in [4.69, 9.17) is 4.74 Å². The topological polar surface area (TPSA) is 38.7 Å². The van der Waals surface area contributed by atoms with Crippen molar-refractivity contribution in [2.45, 2.75) is 19.9 Å². The molecule has 0 amide bonds. The number of rotatable bonds is 2. The molecule has 1 heterocycles. The highest BCUT2D eigenvalue weighted by molar-refractivity contribution is 6.11. The maximum atomic E-state index is 13.1. The van der Waals surface area contributed by atoms with Crippen LogP contribution < -0.4 is 10.6 Å². The van der Waals surface area contributed by atoms with Crippen LogP contribution in [0.2, 0.25) is 0 Å². The molecule has 0 bridgehead atoms. The Labute approximate surface area is 92.3 Å². The zero-order valence-electron chi connectivity index (χ0n) is 9.16. The normalized spacial score (nSPS) is 17.9. The van der Waals surface area contributed by atoms with E-state index in [9.17, 15) is 9.18 Å². The average molecular weight is 221 g/mol. The van der Waals surface area contributed by atoms with Crippen LogP contribution in [0, 0.1) is 5.82 Å². The molecule has 3 nitrogen and oxygen atoms in total. The van der Waals surface area contributed by atoms with Crippen molar-refractivity contribution in [1.29, 1.82) is 0 Å². The molecule has 1 aliphatic heterocycles. The van der Waals surface area contributed by atoms with Crippen LogP contribution in [0.15, 0.2) is 23.2 Å². The van der Waals surface area contributed by atoms with Gasteiger partial charge >= 0.3 is 5.97 Å². The van der Waals surface area contributed by atoms with Crippen LogP contribution in [0.4, 0.5) is 4.39 Å². The average Bonchev–Trinajstić information content (AvgIpc) is 2.53. The molecule has 16 heavy (non-hydrogen) atoms. The van der Waals surface area contributed by atoms with Crippen molar-refractivity contribution in [3.8, 4) is 0 Å². The maximum absolute atomic E-state index is 13.1. The van der Waals surface area contributed by atoms with E-state index in [1.807, 2.05) is 0 Å². The van der Waals surface area contributed by atoms with Crippen LogP contribution in [0.1, 0.15) is 13.8 Å². The molecule has 0 spiro atoms. The van der Waals surface area contributed by atoms with E-state index in [2.05, 4.69) is 4.99 Å². The lowest BCUT2D eigenvalue weighted by Crippen LogP contribution is -2.27. The predicted octanol–water partition coefficient (Wildman–Crippen LogP) is 0.561. The summed E-state index contributed by atoms with van der Waals surface area (Å²) in [6.07, 6.45) is 0. The molecule has 0 radical (unpaired) electrons. The van der Waals surface area contributed by atoms with Crippen molar-refractivity contribution in [2.24, 2.45) is 4.99 Å². The van der Waals surface area contributed by atoms with Gasteiger partial charge in [-0.2, -0.15) is 0 Å². The second-order valence-corrected chi connectivity index (χ2v) is 3.60. The number of fused-ring (bicyclic) bond motifs is 1. The summed E-state index contributed by atoms with van der Waals surface area (Å²) in [5.74, 6) is -0.784. The zero-order valence-corrected chi connectivity index (χ0v) is 9.16. The molecular weight excluding hydrogens is 209 g/mol. The minimum absolute atomic E-state index is 0.268. The maximum Gasteiger partial charge on any atom is 0.336 e. The van der Waals surface area contributed by atoms with E-state index < -0.39 is 5.97 Å². The van der Waals surface area contributed by atoms with E-state index in [0.29, 0.717) is 22.8 Å². The first-order valence-electron chi connectivity index (χ1n) is 5.18. The largest absolute Gasteiger partial charge is 0.463 e. The predicted molar refractivity (Wildman–Crippen MR) is 56.7 cm³/mol. The highest BCUT2D eigenvalue weighted by atomic mass is 19.1. The molecule has 0 fully saturated rings. The van der Waals surface area contributed by atoms with Crippen molar-refractivity contribution >= 4 is 11.5 Å². The molecular formula is C12H12FNO2. The van der Waals surface area contributed by atoms with E-state index in [-0.39, 0.29) is 11.9 Å². The lowest BCUT2D eigenvalue weighted by molar-refractivity contribution is -0.136. The van der Waals surface area contributed by atoms with Crippen LogP contribution in [0.3, 0.4) is 0 Å². The fourth-order valence-corrected chi connectivity index (χ4v) is 1.82. The Kier molecular flexibility index (Phi) is 2.73. The Hall–Kier alpha value is -1.71. The molecule has 0 saturated carbocycles. The van der Waals surface area contributed by atoms with Gasteiger partial charge in [0.15, 0.2) is 0 Å². The summed E-state index contributed by atoms with van der Waals surface area (Å²) < 4.78 is 18.0. The number of ether oxygens (including phenoxy) is 1. The van der Waals surface area contributed by atoms with Crippen LogP contribution in [-0.4, -0.2) is 18.6 Å². The highest BCUT2D eigenvalue weighted by Gasteiger charge is 2.23. The molecule has 84 valence electrons. The van der Waals surface area contributed by atoms with E-state index in [1.54, 1.807) is 19.9 Å². The van der Waals surface area contributed by atoms with E-state index in [0.717, 1.165) is 0 Å². The highest BCUT2D eigenvalue weighted by Crippen LogP contribution is 2.10. The number of benzene rings is 1. The molecule has 4 heteroatoms. The number of esters is 1. The number of carbonyl (C=O) groups excluding carboxylic acids is 1.